The first kappa shape index (κ1) is 15.4. The maximum absolute atomic E-state index is 11.7. The third-order valence-electron chi connectivity index (χ3n) is 2.75. The summed E-state index contributed by atoms with van der Waals surface area (Å²) in [5, 5.41) is 0. The third kappa shape index (κ3) is 5.32. The SMILES string of the molecule is C=C=CC(=O)C(C)(C)CCCN(C)C(=O)C=C. The maximum Gasteiger partial charge on any atom is 0.245 e. The number of hydrogen-bond donors (Lipinski definition) is 0. The van der Waals surface area contributed by atoms with E-state index in [1.807, 2.05) is 13.8 Å². The molecule has 1 amide bonds. The van der Waals surface area contributed by atoms with Crippen LogP contribution in [0.25, 0.3) is 0 Å². The van der Waals surface area contributed by atoms with Crippen molar-refractivity contribution in [1.82, 2.24) is 4.90 Å². The normalized spacial score (nSPS) is 10.3. The quantitative estimate of drug-likeness (QED) is 0.502. The fourth-order valence-electron chi connectivity index (χ4n) is 1.44. The topological polar surface area (TPSA) is 37.4 Å². The van der Waals surface area contributed by atoms with Crippen molar-refractivity contribution in [2.75, 3.05) is 13.6 Å². The molecule has 0 heterocycles. The molecule has 0 rings (SSSR count). The monoisotopic (exact) mass is 235 g/mol. The Morgan fingerprint density at radius 3 is 2.47 bits per heavy atom. The van der Waals surface area contributed by atoms with Gasteiger partial charge in [0.15, 0.2) is 5.78 Å². The van der Waals surface area contributed by atoms with E-state index in [2.05, 4.69) is 18.9 Å². The molecule has 0 atom stereocenters. The Bertz CT molecular complexity index is 349. The number of carbonyl (C=O) groups excluding carboxylic acids is 2. The highest BCUT2D eigenvalue weighted by molar-refractivity contribution is 5.94. The zero-order chi connectivity index (χ0) is 13.5. The number of amides is 1. The lowest BCUT2D eigenvalue weighted by atomic mass is 9.83. The van der Waals surface area contributed by atoms with Crippen LogP contribution < -0.4 is 0 Å². The van der Waals surface area contributed by atoms with Crippen LogP contribution in [-0.2, 0) is 9.59 Å². The first-order valence-electron chi connectivity index (χ1n) is 5.63. The zero-order valence-electron chi connectivity index (χ0n) is 11.0. The number of likely N-dealkylation sites (N-methyl/N-ethyl adjacent to an activating group) is 1. The Hall–Kier alpha value is -1.60. The minimum Gasteiger partial charge on any atom is -0.342 e. The predicted octanol–water partition coefficient (Wildman–Crippen LogP) is 2.35. The van der Waals surface area contributed by atoms with Crippen LogP contribution in [-0.4, -0.2) is 30.2 Å². The molecule has 0 bridgehead atoms. The van der Waals surface area contributed by atoms with Gasteiger partial charge in [0.1, 0.15) is 0 Å². The van der Waals surface area contributed by atoms with Crippen molar-refractivity contribution >= 4 is 11.7 Å². The molecule has 0 aliphatic heterocycles. The minimum atomic E-state index is -0.428. The summed E-state index contributed by atoms with van der Waals surface area (Å²) in [5.41, 5.74) is 2.07. The van der Waals surface area contributed by atoms with Gasteiger partial charge in [-0.05, 0) is 18.9 Å². The molecule has 0 aromatic heterocycles. The molecular formula is C14H21NO2. The molecule has 0 unspecified atom stereocenters. The molecule has 0 aromatic rings. The van der Waals surface area contributed by atoms with E-state index in [-0.39, 0.29) is 11.7 Å². The number of ketones is 1. The molecule has 0 N–H and O–H groups in total. The number of allylic oxidation sites excluding steroid dienone is 1. The predicted molar refractivity (Wildman–Crippen MR) is 69.6 cm³/mol. The van der Waals surface area contributed by atoms with Crippen molar-refractivity contribution in [3.05, 3.63) is 31.0 Å². The summed E-state index contributed by atoms with van der Waals surface area (Å²) in [6.07, 6.45) is 4.16. The third-order valence-corrected chi connectivity index (χ3v) is 2.75. The molecule has 0 aromatic carbocycles. The Labute approximate surface area is 103 Å². The van der Waals surface area contributed by atoms with Gasteiger partial charge in [0.25, 0.3) is 0 Å². The van der Waals surface area contributed by atoms with Gasteiger partial charge in [0.05, 0.1) is 0 Å². The summed E-state index contributed by atoms with van der Waals surface area (Å²) >= 11 is 0. The van der Waals surface area contributed by atoms with E-state index in [9.17, 15) is 9.59 Å². The van der Waals surface area contributed by atoms with Crippen LogP contribution in [0.5, 0.6) is 0 Å². The van der Waals surface area contributed by atoms with Crippen LogP contribution in [0.15, 0.2) is 31.0 Å². The average molecular weight is 235 g/mol. The fourth-order valence-corrected chi connectivity index (χ4v) is 1.44. The zero-order valence-corrected chi connectivity index (χ0v) is 11.0. The number of nitrogens with zero attached hydrogens (tertiary/aromatic N) is 1. The maximum atomic E-state index is 11.7. The standard InChI is InChI=1S/C14H21NO2/c1-6-9-12(16)14(3,4)10-8-11-15(5)13(17)7-2/h7,9H,1-2,8,10-11H2,3-5H3. The molecule has 3 heteroatoms. The first-order chi connectivity index (χ1) is 7.85. The smallest absolute Gasteiger partial charge is 0.245 e. The summed E-state index contributed by atoms with van der Waals surface area (Å²) in [4.78, 5) is 24.5. The van der Waals surface area contributed by atoms with E-state index >= 15 is 0 Å². The van der Waals surface area contributed by atoms with Crippen molar-refractivity contribution < 1.29 is 9.59 Å². The number of hydrogen-bond acceptors (Lipinski definition) is 2. The van der Waals surface area contributed by atoms with E-state index < -0.39 is 5.41 Å². The highest BCUT2D eigenvalue weighted by Crippen LogP contribution is 2.24. The van der Waals surface area contributed by atoms with Gasteiger partial charge in [-0.2, -0.15) is 0 Å². The van der Waals surface area contributed by atoms with Gasteiger partial charge < -0.3 is 4.90 Å². The van der Waals surface area contributed by atoms with Crippen LogP contribution in [0.3, 0.4) is 0 Å². The van der Waals surface area contributed by atoms with Crippen LogP contribution in [0, 0.1) is 5.41 Å². The van der Waals surface area contributed by atoms with Crippen molar-refractivity contribution in [2.45, 2.75) is 26.7 Å². The van der Waals surface area contributed by atoms with E-state index in [1.54, 1.807) is 11.9 Å². The second kappa shape index (κ2) is 6.87. The van der Waals surface area contributed by atoms with Crippen molar-refractivity contribution in [1.29, 1.82) is 0 Å². The molecule has 0 aliphatic rings. The molecule has 0 aliphatic carbocycles. The van der Waals surface area contributed by atoms with Crippen molar-refractivity contribution in [3.8, 4) is 0 Å². The van der Waals surface area contributed by atoms with Gasteiger partial charge in [-0.3, -0.25) is 9.59 Å². The fraction of sp³-hybridized carbons (Fsp3) is 0.500. The molecule has 0 saturated heterocycles. The summed E-state index contributed by atoms with van der Waals surface area (Å²) in [7, 11) is 1.72. The van der Waals surface area contributed by atoms with Gasteiger partial charge in [-0.25, -0.2) is 0 Å². The minimum absolute atomic E-state index is 0.0187. The lowest BCUT2D eigenvalue weighted by Crippen LogP contribution is -2.28. The summed E-state index contributed by atoms with van der Waals surface area (Å²) in [6.45, 7) is 11.2. The molecule has 17 heavy (non-hydrogen) atoms. The Morgan fingerprint density at radius 2 is 2.00 bits per heavy atom. The molecule has 0 saturated carbocycles. The van der Waals surface area contributed by atoms with Gasteiger partial charge >= 0.3 is 0 Å². The second-order valence-corrected chi connectivity index (χ2v) is 4.66. The molecule has 3 nitrogen and oxygen atoms in total. The largest absolute Gasteiger partial charge is 0.342 e. The number of rotatable bonds is 7. The first-order valence-corrected chi connectivity index (χ1v) is 5.63. The highest BCUT2D eigenvalue weighted by Gasteiger charge is 2.24. The van der Waals surface area contributed by atoms with E-state index in [1.165, 1.54) is 12.2 Å². The summed E-state index contributed by atoms with van der Waals surface area (Å²) in [5.74, 6) is -0.0784. The van der Waals surface area contributed by atoms with Crippen LogP contribution in [0.4, 0.5) is 0 Å². The lowest BCUT2D eigenvalue weighted by molar-refractivity contribution is -0.124. The highest BCUT2D eigenvalue weighted by atomic mass is 16.2. The van der Waals surface area contributed by atoms with Gasteiger partial charge in [-0.15, -0.1) is 5.73 Å². The Kier molecular flexibility index (Phi) is 6.22. The van der Waals surface area contributed by atoms with Gasteiger partial charge in [0, 0.05) is 25.1 Å². The van der Waals surface area contributed by atoms with Crippen LogP contribution in [0.2, 0.25) is 0 Å². The Morgan fingerprint density at radius 1 is 1.41 bits per heavy atom. The van der Waals surface area contributed by atoms with Crippen LogP contribution >= 0.6 is 0 Å². The molecule has 94 valence electrons. The summed E-state index contributed by atoms with van der Waals surface area (Å²) in [6, 6.07) is 0. The van der Waals surface area contributed by atoms with Gasteiger partial charge in [0.2, 0.25) is 5.91 Å². The average Bonchev–Trinajstić information content (AvgIpc) is 2.27. The van der Waals surface area contributed by atoms with Crippen molar-refractivity contribution in [3.63, 3.8) is 0 Å². The molecule has 0 spiro atoms. The van der Waals surface area contributed by atoms with Gasteiger partial charge in [-0.1, -0.05) is 27.0 Å². The summed E-state index contributed by atoms with van der Waals surface area (Å²) < 4.78 is 0. The molecule has 0 fully saturated rings. The van der Waals surface area contributed by atoms with E-state index in [0.29, 0.717) is 6.54 Å². The Balaban J connectivity index is 4.20. The van der Waals surface area contributed by atoms with Crippen LogP contribution in [0.1, 0.15) is 26.7 Å². The molecule has 0 radical (unpaired) electrons. The van der Waals surface area contributed by atoms with E-state index in [4.69, 9.17) is 0 Å². The second-order valence-electron chi connectivity index (χ2n) is 4.66. The lowest BCUT2D eigenvalue weighted by Gasteiger charge is -2.22. The molecular weight excluding hydrogens is 214 g/mol. The van der Waals surface area contributed by atoms with Crippen molar-refractivity contribution in [2.24, 2.45) is 5.41 Å². The number of carbonyl (C=O) groups is 2. The van der Waals surface area contributed by atoms with E-state index in [0.717, 1.165) is 12.8 Å².